The first-order valence-corrected chi connectivity index (χ1v) is 10.5. The van der Waals surface area contributed by atoms with Crippen LogP contribution in [0.15, 0.2) is 52.5 Å². The van der Waals surface area contributed by atoms with Crippen LogP contribution in [0.2, 0.25) is 0 Å². The van der Waals surface area contributed by atoms with Crippen LogP contribution >= 0.6 is 15.9 Å². The molecule has 0 aliphatic carbocycles. The number of aromatic nitrogens is 1. The number of nitrogens with one attached hydrogen (secondary N) is 1. The molecule has 0 aliphatic heterocycles. The molecule has 152 valence electrons. The molecule has 0 aliphatic rings. The molecule has 3 rings (SSSR count). The lowest BCUT2D eigenvalue weighted by Gasteiger charge is -2.12. The summed E-state index contributed by atoms with van der Waals surface area (Å²) in [5, 5.41) is 12.6. The summed E-state index contributed by atoms with van der Waals surface area (Å²) < 4.78 is 3.12. The Labute approximate surface area is 186 Å². The van der Waals surface area contributed by atoms with Crippen LogP contribution in [-0.4, -0.2) is 10.5 Å². The maximum Gasteiger partial charge on any atom is 0.266 e. The fourth-order valence-electron chi connectivity index (χ4n) is 3.78. The average molecular weight is 462 g/mol. The minimum atomic E-state index is -0.402. The third-order valence-electron chi connectivity index (χ3n) is 5.14. The van der Waals surface area contributed by atoms with E-state index in [-0.39, 0.29) is 5.57 Å². The van der Waals surface area contributed by atoms with Crippen molar-refractivity contribution in [2.24, 2.45) is 0 Å². The summed E-state index contributed by atoms with van der Waals surface area (Å²) >= 11 is 3.46. The molecule has 0 saturated carbocycles. The third-order valence-corrected chi connectivity index (χ3v) is 5.66. The van der Waals surface area contributed by atoms with Gasteiger partial charge in [-0.05, 0) is 87.7 Å². The summed E-state index contributed by atoms with van der Waals surface area (Å²) in [6.07, 6.45) is 1.66. The van der Waals surface area contributed by atoms with E-state index in [2.05, 4.69) is 31.9 Å². The molecule has 0 spiro atoms. The van der Waals surface area contributed by atoms with Crippen LogP contribution < -0.4 is 5.32 Å². The highest BCUT2D eigenvalue weighted by Crippen LogP contribution is 2.25. The predicted molar refractivity (Wildman–Crippen MR) is 126 cm³/mol. The minimum Gasteiger partial charge on any atom is -0.321 e. The standard InChI is InChI=1S/C25H24BrN3O/c1-15-10-16(2)24(17(3)11-15)28-25(30)21(14-27)13-20-12-18(4)29(19(20)5)23-8-6-22(26)7-9-23/h6-13H,1-5H3,(H,28,30). The van der Waals surface area contributed by atoms with Gasteiger partial charge in [-0.15, -0.1) is 0 Å². The summed E-state index contributed by atoms with van der Waals surface area (Å²) in [5.74, 6) is -0.402. The molecule has 1 amide bonds. The molecular weight excluding hydrogens is 438 g/mol. The van der Waals surface area contributed by atoms with Gasteiger partial charge in [0.15, 0.2) is 0 Å². The fourth-order valence-corrected chi connectivity index (χ4v) is 4.05. The predicted octanol–water partition coefficient (Wildman–Crippen LogP) is 6.33. The van der Waals surface area contributed by atoms with Crippen LogP contribution in [-0.2, 0) is 4.79 Å². The number of benzene rings is 2. The van der Waals surface area contributed by atoms with Gasteiger partial charge in [-0.1, -0.05) is 33.6 Å². The number of rotatable bonds is 4. The number of carbonyl (C=O) groups excluding carboxylic acids is 1. The van der Waals surface area contributed by atoms with E-state index in [1.165, 1.54) is 0 Å². The van der Waals surface area contributed by atoms with Gasteiger partial charge in [0, 0.05) is 27.2 Å². The Morgan fingerprint density at radius 2 is 1.63 bits per heavy atom. The van der Waals surface area contributed by atoms with Gasteiger partial charge < -0.3 is 9.88 Å². The van der Waals surface area contributed by atoms with Crippen molar-refractivity contribution in [3.05, 3.63) is 86.2 Å². The topological polar surface area (TPSA) is 57.8 Å². The quantitative estimate of drug-likeness (QED) is 0.364. The number of amides is 1. The third kappa shape index (κ3) is 4.39. The molecule has 2 aromatic carbocycles. The Morgan fingerprint density at radius 1 is 1.03 bits per heavy atom. The Kier molecular flexibility index (Phi) is 6.28. The number of nitrogens with zero attached hydrogens (tertiary/aromatic N) is 2. The lowest BCUT2D eigenvalue weighted by atomic mass is 10.0. The number of nitriles is 1. The highest BCUT2D eigenvalue weighted by atomic mass is 79.9. The molecule has 0 bridgehead atoms. The van der Waals surface area contributed by atoms with Crippen LogP contribution in [0.4, 0.5) is 5.69 Å². The molecule has 3 aromatic rings. The Bertz CT molecular complexity index is 1170. The van der Waals surface area contributed by atoms with Crippen LogP contribution in [0.5, 0.6) is 0 Å². The monoisotopic (exact) mass is 461 g/mol. The fraction of sp³-hybridized carbons (Fsp3) is 0.200. The molecule has 4 nitrogen and oxygen atoms in total. The molecule has 5 heteroatoms. The minimum absolute atomic E-state index is 0.0745. The van der Waals surface area contributed by atoms with E-state index in [4.69, 9.17) is 0 Å². The highest BCUT2D eigenvalue weighted by Gasteiger charge is 2.15. The lowest BCUT2D eigenvalue weighted by molar-refractivity contribution is -0.112. The number of carbonyl (C=O) groups is 1. The number of anilines is 1. The van der Waals surface area contributed by atoms with E-state index in [1.54, 1.807) is 6.08 Å². The second-order valence-corrected chi connectivity index (χ2v) is 8.45. The molecule has 0 radical (unpaired) electrons. The Morgan fingerprint density at radius 3 is 2.20 bits per heavy atom. The number of hydrogen-bond acceptors (Lipinski definition) is 2. The normalized spacial score (nSPS) is 11.3. The smallest absolute Gasteiger partial charge is 0.266 e. The Hall–Kier alpha value is -3.10. The maximum atomic E-state index is 12.8. The second-order valence-electron chi connectivity index (χ2n) is 7.54. The van der Waals surface area contributed by atoms with Crippen molar-refractivity contribution >= 4 is 33.6 Å². The van der Waals surface area contributed by atoms with Crippen molar-refractivity contribution in [3.8, 4) is 11.8 Å². The van der Waals surface area contributed by atoms with Gasteiger partial charge in [-0.2, -0.15) is 5.26 Å². The van der Waals surface area contributed by atoms with Crippen LogP contribution in [0.3, 0.4) is 0 Å². The summed E-state index contributed by atoms with van der Waals surface area (Å²) in [7, 11) is 0. The molecule has 30 heavy (non-hydrogen) atoms. The molecule has 0 fully saturated rings. The van der Waals surface area contributed by atoms with Gasteiger partial charge in [0.2, 0.25) is 0 Å². The zero-order chi connectivity index (χ0) is 22.0. The highest BCUT2D eigenvalue weighted by molar-refractivity contribution is 9.10. The van der Waals surface area contributed by atoms with E-state index < -0.39 is 5.91 Å². The van der Waals surface area contributed by atoms with Gasteiger partial charge in [0.1, 0.15) is 11.6 Å². The Balaban J connectivity index is 1.95. The van der Waals surface area contributed by atoms with Gasteiger partial charge in [0.25, 0.3) is 5.91 Å². The molecule has 0 atom stereocenters. The van der Waals surface area contributed by atoms with Crippen molar-refractivity contribution in [2.75, 3.05) is 5.32 Å². The second kappa shape index (κ2) is 8.73. The maximum absolute atomic E-state index is 12.8. The average Bonchev–Trinajstić information content (AvgIpc) is 2.96. The van der Waals surface area contributed by atoms with Gasteiger partial charge in [-0.25, -0.2) is 0 Å². The van der Waals surface area contributed by atoms with E-state index >= 15 is 0 Å². The molecule has 1 heterocycles. The zero-order valence-electron chi connectivity index (χ0n) is 17.8. The molecule has 0 unspecified atom stereocenters. The van der Waals surface area contributed by atoms with Crippen molar-refractivity contribution in [1.82, 2.24) is 4.57 Å². The van der Waals surface area contributed by atoms with E-state index in [0.717, 1.165) is 49.5 Å². The largest absolute Gasteiger partial charge is 0.321 e. The first-order valence-electron chi connectivity index (χ1n) is 9.67. The van der Waals surface area contributed by atoms with Crippen LogP contribution in [0.1, 0.15) is 33.6 Å². The number of hydrogen-bond donors (Lipinski definition) is 1. The molecular formula is C25H24BrN3O. The zero-order valence-corrected chi connectivity index (χ0v) is 19.4. The van der Waals surface area contributed by atoms with Crippen molar-refractivity contribution in [1.29, 1.82) is 5.26 Å². The molecule has 1 aromatic heterocycles. The number of halogens is 1. The van der Waals surface area contributed by atoms with Crippen molar-refractivity contribution in [3.63, 3.8) is 0 Å². The van der Waals surface area contributed by atoms with E-state index in [9.17, 15) is 10.1 Å². The van der Waals surface area contributed by atoms with Gasteiger partial charge in [0.05, 0.1) is 0 Å². The van der Waals surface area contributed by atoms with Crippen LogP contribution in [0, 0.1) is 45.9 Å². The van der Waals surface area contributed by atoms with E-state index in [1.807, 2.05) is 77.1 Å². The summed E-state index contributed by atoms with van der Waals surface area (Å²) in [4.78, 5) is 12.8. The lowest BCUT2D eigenvalue weighted by Crippen LogP contribution is -2.15. The van der Waals surface area contributed by atoms with Crippen molar-refractivity contribution in [2.45, 2.75) is 34.6 Å². The first kappa shape index (κ1) is 21.6. The molecule has 1 N–H and O–H groups in total. The van der Waals surface area contributed by atoms with Crippen molar-refractivity contribution < 1.29 is 4.79 Å². The first-order chi connectivity index (χ1) is 14.2. The summed E-state index contributed by atoms with van der Waals surface area (Å²) in [6, 6.07) is 16.1. The summed E-state index contributed by atoms with van der Waals surface area (Å²) in [5.41, 5.74) is 7.80. The van der Waals surface area contributed by atoms with Gasteiger partial charge >= 0.3 is 0 Å². The SMILES string of the molecule is Cc1cc(C)c(NC(=O)C(C#N)=Cc2cc(C)n(-c3ccc(Br)cc3)c2C)c(C)c1. The number of aryl methyl sites for hydroxylation is 4. The van der Waals surface area contributed by atoms with E-state index in [0.29, 0.717) is 0 Å². The van der Waals surface area contributed by atoms with Gasteiger partial charge in [-0.3, -0.25) is 4.79 Å². The van der Waals surface area contributed by atoms with Crippen LogP contribution in [0.25, 0.3) is 11.8 Å². The summed E-state index contributed by atoms with van der Waals surface area (Å²) in [6.45, 7) is 9.93. The molecule has 0 saturated heterocycles.